The van der Waals surface area contributed by atoms with E-state index in [0.29, 0.717) is 13.1 Å². The van der Waals surface area contributed by atoms with Gasteiger partial charge in [-0.25, -0.2) is 12.8 Å². The van der Waals surface area contributed by atoms with Crippen LogP contribution in [0.3, 0.4) is 0 Å². The first-order valence-corrected chi connectivity index (χ1v) is 7.37. The van der Waals surface area contributed by atoms with E-state index in [2.05, 4.69) is 0 Å². The Morgan fingerprint density at radius 3 is 2.58 bits per heavy atom. The summed E-state index contributed by atoms with van der Waals surface area (Å²) in [6, 6.07) is 5.33. The van der Waals surface area contributed by atoms with Gasteiger partial charge >= 0.3 is 0 Å². The van der Waals surface area contributed by atoms with Crippen molar-refractivity contribution in [3.63, 3.8) is 0 Å². The van der Waals surface area contributed by atoms with E-state index in [1.54, 1.807) is 0 Å². The summed E-state index contributed by atoms with van der Waals surface area (Å²) in [5.41, 5.74) is 5.57. The van der Waals surface area contributed by atoms with E-state index in [0.717, 1.165) is 12.5 Å². The van der Waals surface area contributed by atoms with Crippen LogP contribution in [0.25, 0.3) is 0 Å². The zero-order chi connectivity index (χ0) is 13.3. The third kappa shape index (κ3) is 3.08. The van der Waals surface area contributed by atoms with Crippen LogP contribution < -0.4 is 5.73 Å². The topological polar surface area (TPSA) is 63.4 Å². The van der Waals surface area contributed by atoms with Crippen LogP contribution in [-0.2, 0) is 10.0 Å². The molecule has 1 saturated heterocycles. The van der Waals surface area contributed by atoms with Gasteiger partial charge in [-0.3, -0.25) is 0 Å². The lowest BCUT2D eigenvalue weighted by Crippen LogP contribution is -2.34. The summed E-state index contributed by atoms with van der Waals surface area (Å²) >= 11 is 0. The third-order valence-electron chi connectivity index (χ3n) is 3.36. The van der Waals surface area contributed by atoms with E-state index in [1.165, 1.54) is 22.5 Å². The molecule has 0 radical (unpaired) electrons. The molecule has 2 unspecified atom stereocenters. The van der Waals surface area contributed by atoms with Gasteiger partial charge < -0.3 is 5.73 Å². The van der Waals surface area contributed by atoms with E-state index in [-0.39, 0.29) is 29.3 Å². The average Bonchev–Trinajstić information content (AvgIpc) is 2.71. The molecule has 0 aromatic heterocycles. The minimum atomic E-state index is -3.76. The number of rotatable bonds is 3. The maximum Gasteiger partial charge on any atom is 0.246 e. The summed E-state index contributed by atoms with van der Waals surface area (Å²) in [6.07, 6.45) is 0.726. The summed E-state index contributed by atoms with van der Waals surface area (Å²) in [6.45, 7) is 2.65. The van der Waals surface area contributed by atoms with Crippen LogP contribution in [-0.4, -0.2) is 31.9 Å². The summed E-state index contributed by atoms with van der Waals surface area (Å²) < 4.78 is 39.7. The molecule has 1 aliphatic heterocycles. The van der Waals surface area contributed by atoms with Gasteiger partial charge in [-0.2, -0.15) is 4.31 Å². The normalized spacial score (nSPS) is 24.2. The average molecular weight is 309 g/mol. The van der Waals surface area contributed by atoms with E-state index in [1.807, 2.05) is 6.92 Å². The zero-order valence-electron chi connectivity index (χ0n) is 10.6. The molecule has 4 nitrogen and oxygen atoms in total. The summed E-state index contributed by atoms with van der Waals surface area (Å²) in [4.78, 5) is -0.255. The van der Waals surface area contributed by atoms with Gasteiger partial charge in [0.05, 0.1) is 0 Å². The lowest BCUT2D eigenvalue weighted by Gasteiger charge is -2.21. The molecule has 7 heteroatoms. The highest BCUT2D eigenvalue weighted by Crippen LogP contribution is 2.29. The van der Waals surface area contributed by atoms with Gasteiger partial charge in [0.1, 0.15) is 10.7 Å². The standard InChI is InChI=1S/C12H17FN2O2S.ClH/c1-9-6-10(7-14)8-15(9)18(16,17)12-5-3-2-4-11(12)13;/h2-5,9-10H,6-8,14H2,1H3;1H. The molecule has 1 aromatic carbocycles. The molecule has 2 rings (SSSR count). The molecule has 0 saturated carbocycles. The largest absolute Gasteiger partial charge is 0.330 e. The van der Waals surface area contributed by atoms with Crippen molar-refractivity contribution in [2.75, 3.05) is 13.1 Å². The Labute approximate surface area is 119 Å². The maximum absolute atomic E-state index is 13.6. The lowest BCUT2D eigenvalue weighted by atomic mass is 10.1. The van der Waals surface area contributed by atoms with Crippen LogP contribution in [0.5, 0.6) is 0 Å². The second-order valence-corrected chi connectivity index (χ2v) is 6.55. The molecule has 0 spiro atoms. The molecular formula is C12H18ClFN2O2S. The number of hydrogen-bond acceptors (Lipinski definition) is 3. The quantitative estimate of drug-likeness (QED) is 0.922. The van der Waals surface area contributed by atoms with E-state index in [9.17, 15) is 12.8 Å². The second-order valence-electron chi connectivity index (χ2n) is 4.69. The first kappa shape index (κ1) is 16.4. The van der Waals surface area contributed by atoms with Crippen LogP contribution in [0.1, 0.15) is 13.3 Å². The number of hydrogen-bond donors (Lipinski definition) is 1. The molecular weight excluding hydrogens is 291 g/mol. The summed E-state index contributed by atoms with van der Waals surface area (Å²) in [5, 5.41) is 0. The van der Waals surface area contributed by atoms with Gasteiger partial charge in [-0.15, -0.1) is 12.4 Å². The Hall–Kier alpha value is -0.690. The van der Waals surface area contributed by atoms with Crippen LogP contribution in [0.15, 0.2) is 29.2 Å². The molecule has 2 N–H and O–H groups in total. The van der Waals surface area contributed by atoms with Crippen molar-refractivity contribution in [1.29, 1.82) is 0 Å². The monoisotopic (exact) mass is 308 g/mol. The number of nitrogens with two attached hydrogens (primary N) is 1. The van der Waals surface area contributed by atoms with E-state index in [4.69, 9.17) is 5.73 Å². The van der Waals surface area contributed by atoms with Crippen LogP contribution in [0, 0.1) is 11.7 Å². The van der Waals surface area contributed by atoms with Crippen molar-refractivity contribution >= 4 is 22.4 Å². The number of benzene rings is 1. The fourth-order valence-corrected chi connectivity index (χ4v) is 4.18. The highest BCUT2D eigenvalue weighted by molar-refractivity contribution is 7.89. The highest BCUT2D eigenvalue weighted by Gasteiger charge is 2.38. The van der Waals surface area contributed by atoms with E-state index >= 15 is 0 Å². The Balaban J connectivity index is 0.00000180. The number of halogens is 2. The number of sulfonamides is 1. The van der Waals surface area contributed by atoms with Gasteiger partial charge in [0.2, 0.25) is 10.0 Å². The molecule has 0 aliphatic carbocycles. The van der Waals surface area contributed by atoms with Gasteiger partial charge in [-0.05, 0) is 37.9 Å². The zero-order valence-corrected chi connectivity index (χ0v) is 12.3. The predicted octanol–water partition coefficient (Wildman–Crippen LogP) is 1.61. The minimum absolute atomic E-state index is 0. The Kier molecular flexibility index (Phi) is 5.32. The van der Waals surface area contributed by atoms with Crippen molar-refractivity contribution in [1.82, 2.24) is 4.31 Å². The Morgan fingerprint density at radius 2 is 2.05 bits per heavy atom. The summed E-state index contributed by atoms with van der Waals surface area (Å²) in [7, 11) is -3.76. The van der Waals surface area contributed by atoms with Crippen molar-refractivity contribution in [2.45, 2.75) is 24.3 Å². The molecule has 1 aliphatic rings. The van der Waals surface area contributed by atoms with Crippen LogP contribution in [0.4, 0.5) is 4.39 Å². The van der Waals surface area contributed by atoms with Gasteiger partial charge in [0.25, 0.3) is 0 Å². The SMILES string of the molecule is CC1CC(CN)CN1S(=O)(=O)c1ccccc1F.Cl. The van der Waals surface area contributed by atoms with Gasteiger partial charge in [-0.1, -0.05) is 12.1 Å². The number of nitrogens with zero attached hydrogens (tertiary/aromatic N) is 1. The predicted molar refractivity (Wildman–Crippen MR) is 74.2 cm³/mol. The molecule has 0 amide bonds. The smallest absolute Gasteiger partial charge is 0.246 e. The molecule has 0 bridgehead atoms. The highest BCUT2D eigenvalue weighted by atomic mass is 35.5. The molecule has 2 atom stereocenters. The Bertz CT molecular complexity index is 538. The van der Waals surface area contributed by atoms with Crippen LogP contribution in [0.2, 0.25) is 0 Å². The fraction of sp³-hybridized carbons (Fsp3) is 0.500. The van der Waals surface area contributed by atoms with Gasteiger partial charge in [0, 0.05) is 12.6 Å². The van der Waals surface area contributed by atoms with E-state index < -0.39 is 15.8 Å². The van der Waals surface area contributed by atoms with Crippen molar-refractivity contribution in [3.8, 4) is 0 Å². The van der Waals surface area contributed by atoms with Crippen LogP contribution >= 0.6 is 12.4 Å². The van der Waals surface area contributed by atoms with Crippen molar-refractivity contribution in [2.24, 2.45) is 11.7 Å². The molecule has 1 fully saturated rings. The molecule has 1 aromatic rings. The molecule has 1 heterocycles. The fourth-order valence-electron chi connectivity index (χ4n) is 2.39. The first-order chi connectivity index (χ1) is 8.46. The second kappa shape index (κ2) is 6.17. The molecule has 19 heavy (non-hydrogen) atoms. The van der Waals surface area contributed by atoms with Gasteiger partial charge in [0.15, 0.2) is 0 Å². The lowest BCUT2D eigenvalue weighted by molar-refractivity contribution is 0.401. The maximum atomic E-state index is 13.6. The molecule has 108 valence electrons. The summed E-state index contributed by atoms with van der Waals surface area (Å²) in [5.74, 6) is -0.553. The van der Waals surface area contributed by atoms with Crippen molar-refractivity contribution < 1.29 is 12.8 Å². The Morgan fingerprint density at radius 1 is 1.42 bits per heavy atom. The third-order valence-corrected chi connectivity index (χ3v) is 5.37. The minimum Gasteiger partial charge on any atom is -0.330 e. The van der Waals surface area contributed by atoms with Crippen molar-refractivity contribution in [3.05, 3.63) is 30.1 Å². The first-order valence-electron chi connectivity index (χ1n) is 5.93.